The van der Waals surface area contributed by atoms with Crippen molar-refractivity contribution in [2.75, 3.05) is 13.2 Å². The van der Waals surface area contributed by atoms with Gasteiger partial charge in [0.25, 0.3) is 0 Å². The summed E-state index contributed by atoms with van der Waals surface area (Å²) in [5, 5.41) is 19.7. The SMILES string of the molecule is CCC(C)C[O-].CCC(C)C[O-].[Ba+2]. The maximum Gasteiger partial charge on any atom is 2.00 e. The van der Waals surface area contributed by atoms with E-state index in [2.05, 4.69) is 0 Å². The van der Waals surface area contributed by atoms with Gasteiger partial charge in [0.1, 0.15) is 0 Å². The fourth-order valence-electron chi connectivity index (χ4n) is 0.236. The Morgan fingerprint density at radius 3 is 1.08 bits per heavy atom. The molecule has 3 heteroatoms. The summed E-state index contributed by atoms with van der Waals surface area (Å²) in [5.41, 5.74) is 0. The Balaban J connectivity index is -0.000000143. The van der Waals surface area contributed by atoms with Gasteiger partial charge in [-0.25, -0.2) is 0 Å². The molecule has 76 valence electrons. The van der Waals surface area contributed by atoms with Crippen LogP contribution in [-0.2, 0) is 0 Å². The first-order chi connectivity index (χ1) is 5.62. The van der Waals surface area contributed by atoms with Crippen LogP contribution in [0, 0.1) is 11.8 Å². The van der Waals surface area contributed by atoms with E-state index in [1.54, 1.807) is 0 Å². The third-order valence-electron chi connectivity index (χ3n) is 1.96. The maximum absolute atomic E-state index is 9.86. The third-order valence-corrected chi connectivity index (χ3v) is 1.96. The van der Waals surface area contributed by atoms with Crippen LogP contribution in [0.15, 0.2) is 0 Å². The Morgan fingerprint density at radius 1 is 0.846 bits per heavy atom. The summed E-state index contributed by atoms with van der Waals surface area (Å²) in [6.45, 7) is 8.15. The minimum atomic E-state index is 0. The van der Waals surface area contributed by atoms with Crippen LogP contribution in [0.1, 0.15) is 40.5 Å². The van der Waals surface area contributed by atoms with Gasteiger partial charge in [0.15, 0.2) is 0 Å². The summed E-state index contributed by atoms with van der Waals surface area (Å²) in [7, 11) is 0. The molecule has 2 atom stereocenters. The molecule has 0 heterocycles. The zero-order chi connectivity index (χ0) is 9.98. The number of hydrogen-bond donors (Lipinski definition) is 0. The van der Waals surface area contributed by atoms with Gasteiger partial charge in [-0.05, 0) is 0 Å². The molecular formula is C10H22BaO2. The molecule has 2 nitrogen and oxygen atoms in total. The van der Waals surface area contributed by atoms with E-state index < -0.39 is 0 Å². The minimum Gasteiger partial charge on any atom is -0.854 e. The van der Waals surface area contributed by atoms with Crippen molar-refractivity contribution >= 4 is 48.9 Å². The summed E-state index contributed by atoms with van der Waals surface area (Å²) in [6, 6.07) is 0. The third kappa shape index (κ3) is 19.8. The molecule has 0 aliphatic carbocycles. The molecular weight excluding hydrogens is 289 g/mol. The Kier molecular flexibility index (Phi) is 24.5. The van der Waals surface area contributed by atoms with Gasteiger partial charge in [-0.2, -0.15) is 0 Å². The molecule has 2 unspecified atom stereocenters. The van der Waals surface area contributed by atoms with Gasteiger partial charge >= 0.3 is 48.9 Å². The van der Waals surface area contributed by atoms with Gasteiger partial charge < -0.3 is 10.2 Å². The zero-order valence-corrected chi connectivity index (χ0v) is 13.9. The smallest absolute Gasteiger partial charge is 0.854 e. The average molecular weight is 312 g/mol. The fourth-order valence-corrected chi connectivity index (χ4v) is 0.236. The van der Waals surface area contributed by atoms with Gasteiger partial charge in [-0.1, -0.05) is 52.4 Å². The first-order valence-electron chi connectivity index (χ1n) is 4.78. The molecule has 0 aromatic carbocycles. The van der Waals surface area contributed by atoms with Crippen molar-refractivity contribution in [3.8, 4) is 0 Å². The van der Waals surface area contributed by atoms with Crippen molar-refractivity contribution in [2.45, 2.75) is 40.5 Å². The van der Waals surface area contributed by atoms with Crippen LogP contribution in [0.2, 0.25) is 0 Å². The first-order valence-corrected chi connectivity index (χ1v) is 4.78. The predicted molar refractivity (Wildman–Crippen MR) is 54.4 cm³/mol. The molecule has 0 aliphatic rings. The molecule has 13 heavy (non-hydrogen) atoms. The Labute approximate surface area is 123 Å². The zero-order valence-electron chi connectivity index (χ0n) is 9.51. The van der Waals surface area contributed by atoms with Gasteiger partial charge in [-0.15, -0.1) is 13.2 Å². The van der Waals surface area contributed by atoms with Gasteiger partial charge in [-0.3, -0.25) is 0 Å². The summed E-state index contributed by atoms with van der Waals surface area (Å²) in [6.07, 6.45) is 2.03. The van der Waals surface area contributed by atoms with Crippen LogP contribution in [-0.4, -0.2) is 62.1 Å². The molecule has 0 aromatic heterocycles. The van der Waals surface area contributed by atoms with Crippen molar-refractivity contribution < 1.29 is 10.2 Å². The van der Waals surface area contributed by atoms with E-state index in [-0.39, 0.29) is 62.1 Å². The fraction of sp³-hybridized carbons (Fsp3) is 1.00. The first kappa shape index (κ1) is 20.0. The van der Waals surface area contributed by atoms with E-state index in [1.807, 2.05) is 27.7 Å². The summed E-state index contributed by atoms with van der Waals surface area (Å²) in [5.74, 6) is 0.759. The summed E-state index contributed by atoms with van der Waals surface area (Å²) in [4.78, 5) is 0. The topological polar surface area (TPSA) is 46.1 Å². The average Bonchev–Trinajstić information content (AvgIpc) is 2.16. The van der Waals surface area contributed by atoms with E-state index in [9.17, 15) is 10.2 Å². The number of rotatable bonds is 4. The van der Waals surface area contributed by atoms with Crippen LogP contribution >= 0.6 is 0 Å². The van der Waals surface area contributed by atoms with Gasteiger partial charge in [0.2, 0.25) is 0 Å². The monoisotopic (exact) mass is 312 g/mol. The second kappa shape index (κ2) is 15.9. The minimum absolute atomic E-state index is 0. The normalized spacial score (nSPS) is 13.4. The van der Waals surface area contributed by atoms with E-state index in [0.29, 0.717) is 11.8 Å². The summed E-state index contributed by atoms with van der Waals surface area (Å²) >= 11 is 0. The van der Waals surface area contributed by atoms with Crippen LogP contribution in [0.4, 0.5) is 0 Å². The molecule has 0 rings (SSSR count). The van der Waals surface area contributed by atoms with Crippen molar-refractivity contribution in [2.24, 2.45) is 11.8 Å². The van der Waals surface area contributed by atoms with E-state index in [0.717, 1.165) is 12.8 Å². The van der Waals surface area contributed by atoms with E-state index in [4.69, 9.17) is 0 Å². The quantitative estimate of drug-likeness (QED) is 0.706. The van der Waals surface area contributed by atoms with Crippen LogP contribution in [0.3, 0.4) is 0 Å². The molecule has 0 spiro atoms. The molecule has 0 bridgehead atoms. The van der Waals surface area contributed by atoms with Crippen molar-refractivity contribution in [3.05, 3.63) is 0 Å². The molecule has 0 saturated heterocycles. The Bertz CT molecular complexity index is 61.3. The second-order valence-corrected chi connectivity index (χ2v) is 3.36. The summed E-state index contributed by atoms with van der Waals surface area (Å²) < 4.78 is 0. The molecule has 0 N–H and O–H groups in total. The van der Waals surface area contributed by atoms with Crippen LogP contribution in [0.25, 0.3) is 0 Å². The van der Waals surface area contributed by atoms with Crippen molar-refractivity contribution in [1.29, 1.82) is 0 Å². The van der Waals surface area contributed by atoms with Crippen LogP contribution < -0.4 is 10.2 Å². The Morgan fingerprint density at radius 2 is 1.08 bits per heavy atom. The predicted octanol–water partition coefficient (Wildman–Crippen LogP) is 0.405. The standard InChI is InChI=1S/2C5H11O.Ba/c2*1-3-5(2)4-6;/h2*5H,3-4H2,1-2H3;/q2*-1;+2. The molecule has 0 aliphatic heterocycles. The second-order valence-electron chi connectivity index (χ2n) is 3.36. The Hall–Kier alpha value is 1.49. The molecule has 0 saturated carbocycles. The van der Waals surface area contributed by atoms with E-state index in [1.165, 1.54) is 0 Å². The van der Waals surface area contributed by atoms with Gasteiger partial charge in [0, 0.05) is 0 Å². The molecule has 0 radical (unpaired) electrons. The van der Waals surface area contributed by atoms with Crippen molar-refractivity contribution in [1.82, 2.24) is 0 Å². The molecule has 0 amide bonds. The maximum atomic E-state index is 9.86. The van der Waals surface area contributed by atoms with Crippen LogP contribution in [0.5, 0.6) is 0 Å². The largest absolute Gasteiger partial charge is 2.00 e. The number of hydrogen-bond acceptors (Lipinski definition) is 2. The molecule has 0 aromatic rings. The van der Waals surface area contributed by atoms with Gasteiger partial charge in [0.05, 0.1) is 0 Å². The molecule has 0 fully saturated rings. The van der Waals surface area contributed by atoms with Crippen molar-refractivity contribution in [3.63, 3.8) is 0 Å². The van der Waals surface area contributed by atoms with E-state index >= 15 is 0 Å².